The Hall–Kier alpha value is -1.02. The lowest BCUT2D eigenvalue weighted by Crippen LogP contribution is -2.36. The number of anilines is 1. The maximum absolute atomic E-state index is 5.77. The fourth-order valence-electron chi connectivity index (χ4n) is 2.00. The summed E-state index contributed by atoms with van der Waals surface area (Å²) in [5.74, 6) is 0. The molecule has 1 aromatic rings. The first-order valence-electron chi connectivity index (χ1n) is 6.48. The average molecular weight is 234 g/mol. The lowest BCUT2D eigenvalue weighted by atomic mass is 9.93. The molecule has 0 aliphatic rings. The van der Waals surface area contributed by atoms with Crippen molar-refractivity contribution in [2.24, 2.45) is 11.1 Å². The summed E-state index contributed by atoms with van der Waals surface area (Å²) in [5, 5.41) is 0. The van der Waals surface area contributed by atoms with Crippen LogP contribution in [0.2, 0.25) is 0 Å². The Labute approximate surface area is 106 Å². The number of hydrogen-bond donors (Lipinski definition) is 1. The molecule has 0 aromatic heterocycles. The number of nitrogens with two attached hydrogens (primary N) is 1. The Bertz CT molecular complexity index is 327. The summed E-state index contributed by atoms with van der Waals surface area (Å²) >= 11 is 0. The first kappa shape index (κ1) is 14.0. The van der Waals surface area contributed by atoms with Crippen LogP contribution in [0.1, 0.15) is 32.8 Å². The van der Waals surface area contributed by atoms with Crippen LogP contribution < -0.4 is 10.6 Å². The van der Waals surface area contributed by atoms with E-state index in [4.69, 9.17) is 5.73 Å². The zero-order chi connectivity index (χ0) is 12.9. The van der Waals surface area contributed by atoms with Gasteiger partial charge in [0.1, 0.15) is 0 Å². The maximum atomic E-state index is 5.77. The molecule has 17 heavy (non-hydrogen) atoms. The zero-order valence-electron chi connectivity index (χ0n) is 11.7. The molecule has 96 valence electrons. The summed E-state index contributed by atoms with van der Waals surface area (Å²) in [4.78, 5) is 2.28. The maximum Gasteiger partial charge on any atom is 0.0363 e. The van der Waals surface area contributed by atoms with Crippen molar-refractivity contribution in [1.82, 2.24) is 0 Å². The van der Waals surface area contributed by atoms with E-state index >= 15 is 0 Å². The van der Waals surface area contributed by atoms with Crippen LogP contribution in [0.15, 0.2) is 24.3 Å². The van der Waals surface area contributed by atoms with Crippen molar-refractivity contribution in [3.8, 4) is 0 Å². The van der Waals surface area contributed by atoms with E-state index in [1.165, 1.54) is 17.7 Å². The van der Waals surface area contributed by atoms with E-state index in [1.807, 2.05) is 0 Å². The highest BCUT2D eigenvalue weighted by Crippen LogP contribution is 2.20. The summed E-state index contributed by atoms with van der Waals surface area (Å²) in [6.45, 7) is 8.32. The SMILES string of the molecule is CCCc1ccc(N(C)CC(C)(C)CN)cc1. The molecule has 0 unspecified atom stereocenters. The van der Waals surface area contributed by atoms with E-state index in [-0.39, 0.29) is 5.41 Å². The molecule has 1 aromatic carbocycles. The van der Waals surface area contributed by atoms with Crippen LogP contribution in [0.25, 0.3) is 0 Å². The van der Waals surface area contributed by atoms with Crippen LogP contribution in [0, 0.1) is 5.41 Å². The van der Waals surface area contributed by atoms with Gasteiger partial charge >= 0.3 is 0 Å². The van der Waals surface area contributed by atoms with Crippen LogP contribution in [-0.2, 0) is 6.42 Å². The quantitative estimate of drug-likeness (QED) is 0.819. The topological polar surface area (TPSA) is 29.3 Å². The summed E-state index contributed by atoms with van der Waals surface area (Å²) in [6.07, 6.45) is 2.37. The lowest BCUT2D eigenvalue weighted by Gasteiger charge is -2.30. The molecule has 0 saturated carbocycles. The van der Waals surface area contributed by atoms with Crippen LogP contribution in [0.5, 0.6) is 0 Å². The van der Waals surface area contributed by atoms with Gasteiger partial charge in [-0.15, -0.1) is 0 Å². The molecule has 0 fully saturated rings. The summed E-state index contributed by atoms with van der Waals surface area (Å²) < 4.78 is 0. The highest BCUT2D eigenvalue weighted by atomic mass is 15.1. The molecule has 0 spiro atoms. The zero-order valence-corrected chi connectivity index (χ0v) is 11.7. The van der Waals surface area contributed by atoms with Gasteiger partial charge in [0.15, 0.2) is 0 Å². The van der Waals surface area contributed by atoms with Crippen LogP contribution >= 0.6 is 0 Å². The smallest absolute Gasteiger partial charge is 0.0363 e. The third-order valence-corrected chi connectivity index (χ3v) is 3.13. The van der Waals surface area contributed by atoms with Crippen molar-refractivity contribution in [3.05, 3.63) is 29.8 Å². The van der Waals surface area contributed by atoms with Gasteiger partial charge in [-0.05, 0) is 36.1 Å². The van der Waals surface area contributed by atoms with Gasteiger partial charge in [0, 0.05) is 19.3 Å². The Balaban J connectivity index is 2.66. The molecule has 2 heteroatoms. The van der Waals surface area contributed by atoms with Gasteiger partial charge in [-0.2, -0.15) is 0 Å². The summed E-state index contributed by atoms with van der Waals surface area (Å²) in [7, 11) is 2.13. The van der Waals surface area contributed by atoms with E-state index in [2.05, 4.69) is 57.0 Å². The first-order valence-corrected chi connectivity index (χ1v) is 6.48. The Morgan fingerprint density at radius 2 is 1.76 bits per heavy atom. The standard InChI is InChI=1S/C15H26N2/c1-5-6-13-7-9-14(10-8-13)17(4)12-15(2,3)11-16/h7-10H,5-6,11-12,16H2,1-4H3. The molecule has 0 aliphatic carbocycles. The molecule has 0 saturated heterocycles. The number of nitrogens with zero attached hydrogens (tertiary/aromatic N) is 1. The molecule has 0 bridgehead atoms. The van der Waals surface area contributed by atoms with E-state index in [9.17, 15) is 0 Å². The van der Waals surface area contributed by atoms with Crippen molar-refractivity contribution >= 4 is 5.69 Å². The molecule has 0 amide bonds. The van der Waals surface area contributed by atoms with Gasteiger partial charge in [0.25, 0.3) is 0 Å². The van der Waals surface area contributed by atoms with Crippen LogP contribution in [0.4, 0.5) is 5.69 Å². The highest BCUT2D eigenvalue weighted by molar-refractivity contribution is 5.47. The second kappa shape index (κ2) is 6.06. The molecule has 0 radical (unpaired) electrons. The van der Waals surface area contributed by atoms with Gasteiger partial charge in [0.05, 0.1) is 0 Å². The van der Waals surface area contributed by atoms with Crippen molar-refractivity contribution in [2.75, 3.05) is 25.0 Å². The Morgan fingerprint density at radius 3 is 2.24 bits per heavy atom. The lowest BCUT2D eigenvalue weighted by molar-refractivity contribution is 0.385. The normalized spacial score (nSPS) is 11.6. The van der Waals surface area contributed by atoms with Crippen molar-refractivity contribution in [1.29, 1.82) is 0 Å². The molecule has 2 N–H and O–H groups in total. The molecule has 0 aliphatic heterocycles. The fraction of sp³-hybridized carbons (Fsp3) is 0.600. The van der Waals surface area contributed by atoms with Gasteiger partial charge in [-0.1, -0.05) is 39.3 Å². The van der Waals surface area contributed by atoms with E-state index in [1.54, 1.807) is 0 Å². The number of hydrogen-bond acceptors (Lipinski definition) is 2. The van der Waals surface area contributed by atoms with Crippen molar-refractivity contribution < 1.29 is 0 Å². The van der Waals surface area contributed by atoms with Crippen molar-refractivity contribution in [3.63, 3.8) is 0 Å². The Kier molecular flexibility index (Phi) is 5.01. The molecular formula is C15H26N2. The summed E-state index contributed by atoms with van der Waals surface area (Å²) in [6, 6.07) is 8.87. The second-order valence-corrected chi connectivity index (χ2v) is 5.64. The number of rotatable bonds is 6. The van der Waals surface area contributed by atoms with E-state index < -0.39 is 0 Å². The van der Waals surface area contributed by atoms with E-state index in [0.29, 0.717) is 6.54 Å². The first-order chi connectivity index (χ1) is 7.98. The molecule has 1 rings (SSSR count). The summed E-state index contributed by atoms with van der Waals surface area (Å²) in [5.41, 5.74) is 8.62. The number of aryl methyl sites for hydroxylation is 1. The van der Waals surface area contributed by atoms with Crippen molar-refractivity contribution in [2.45, 2.75) is 33.6 Å². The number of benzene rings is 1. The largest absolute Gasteiger partial charge is 0.374 e. The monoisotopic (exact) mass is 234 g/mol. The van der Waals surface area contributed by atoms with Gasteiger partial charge < -0.3 is 10.6 Å². The Morgan fingerprint density at radius 1 is 1.18 bits per heavy atom. The van der Waals surface area contributed by atoms with Gasteiger partial charge in [-0.25, -0.2) is 0 Å². The van der Waals surface area contributed by atoms with E-state index in [0.717, 1.165) is 13.0 Å². The van der Waals surface area contributed by atoms with Gasteiger partial charge in [-0.3, -0.25) is 0 Å². The minimum Gasteiger partial charge on any atom is -0.374 e. The fourth-order valence-corrected chi connectivity index (χ4v) is 2.00. The predicted octanol–water partition coefficient (Wildman–Crippen LogP) is 3.06. The third-order valence-electron chi connectivity index (χ3n) is 3.13. The highest BCUT2D eigenvalue weighted by Gasteiger charge is 2.18. The molecular weight excluding hydrogens is 208 g/mol. The third kappa shape index (κ3) is 4.39. The molecule has 2 nitrogen and oxygen atoms in total. The second-order valence-electron chi connectivity index (χ2n) is 5.64. The predicted molar refractivity (Wildman–Crippen MR) is 76.5 cm³/mol. The minimum absolute atomic E-state index is 0.164. The molecule has 0 atom stereocenters. The van der Waals surface area contributed by atoms with Gasteiger partial charge in [0.2, 0.25) is 0 Å². The molecule has 0 heterocycles. The average Bonchev–Trinajstić information content (AvgIpc) is 2.30. The minimum atomic E-state index is 0.164. The van der Waals surface area contributed by atoms with Crippen LogP contribution in [0.3, 0.4) is 0 Å². The van der Waals surface area contributed by atoms with Crippen LogP contribution in [-0.4, -0.2) is 20.1 Å².